The van der Waals surface area contributed by atoms with Gasteiger partial charge in [-0.25, -0.2) is 0 Å². The van der Waals surface area contributed by atoms with Crippen LogP contribution in [0.4, 0.5) is 0 Å². The molecule has 10 rings (SSSR count). The van der Waals surface area contributed by atoms with Crippen LogP contribution < -0.4 is 0 Å². The minimum absolute atomic E-state index is 0. The van der Waals surface area contributed by atoms with Gasteiger partial charge in [0, 0.05) is 14.3 Å². The maximum absolute atomic E-state index is 2.44. The fraction of sp³-hybridized carbons (Fsp3) is 0.830. The van der Waals surface area contributed by atoms with Gasteiger partial charge in [-0.15, -0.1) is 0 Å². The molecule has 94 heavy (non-hydrogen) atoms. The van der Waals surface area contributed by atoms with Crippen LogP contribution in [0.2, 0.25) is 0 Å². The lowest BCUT2D eigenvalue weighted by atomic mass is 9.68. The molecule has 0 aromatic rings. The number of hydrogen-bond donors (Lipinski definition) is 0. The summed E-state index contributed by atoms with van der Waals surface area (Å²) in [5.41, 5.74) is 0. The maximum Gasteiger partial charge on any atom is 0 e. The van der Waals surface area contributed by atoms with Crippen molar-refractivity contribution in [3.05, 3.63) is 97.2 Å². The quantitative estimate of drug-likeness (QED) is 0.101. The Hall–Kier alpha value is -2.08. The van der Waals surface area contributed by atoms with Crippen LogP contribution in [-0.4, -0.2) is 0 Å². The molecule has 0 heterocycles. The molecule has 0 unspecified atom stereocenters. The molecule has 558 valence electrons. The molecular weight excluding hydrogens is 1130 g/mol. The maximum atomic E-state index is 2.44. The second kappa shape index (κ2) is 49.5. The van der Waals surface area contributed by atoms with Gasteiger partial charge in [-0.1, -0.05) is 188 Å². The first-order chi connectivity index (χ1) is 46.1. The van der Waals surface area contributed by atoms with Crippen LogP contribution in [0, 0.1) is 118 Å². The van der Waals surface area contributed by atoms with Crippen molar-refractivity contribution >= 4 is 0 Å². The van der Waals surface area contributed by atoms with Gasteiger partial charge >= 0.3 is 0 Å². The fourth-order valence-electron chi connectivity index (χ4n) is 21.6. The Kier molecular flexibility index (Phi) is 42.6. The van der Waals surface area contributed by atoms with Crippen LogP contribution in [0.3, 0.4) is 0 Å². The molecule has 0 bridgehead atoms. The summed E-state index contributed by atoms with van der Waals surface area (Å²) in [6.45, 7) is 22.1. The fourth-order valence-corrected chi connectivity index (χ4v) is 21.6. The van der Waals surface area contributed by atoms with E-state index < -0.39 is 0 Å². The summed E-state index contributed by atoms with van der Waals surface area (Å²) in [6, 6.07) is 0. The van der Waals surface area contributed by atoms with E-state index in [4.69, 9.17) is 0 Å². The van der Waals surface area contributed by atoms with E-state index in [2.05, 4.69) is 166 Å². The van der Waals surface area contributed by atoms with Crippen LogP contribution in [0.5, 0.6) is 0 Å². The van der Waals surface area contributed by atoms with Crippen molar-refractivity contribution in [2.24, 2.45) is 118 Å². The average molecular weight is 1310 g/mol. The van der Waals surface area contributed by atoms with Crippen molar-refractivity contribution in [3.63, 3.8) is 0 Å². The molecule has 10 aliphatic carbocycles. The van der Waals surface area contributed by atoms with Gasteiger partial charge in [-0.2, -0.15) is 0 Å². The highest BCUT2D eigenvalue weighted by Crippen LogP contribution is 2.48. The number of allylic oxidation sites excluding steroid dienone is 16. The Labute approximate surface area is 604 Å². The summed E-state index contributed by atoms with van der Waals surface area (Å²) < 4.78 is 0. The van der Waals surface area contributed by atoms with Crippen molar-refractivity contribution in [2.75, 3.05) is 0 Å². The van der Waals surface area contributed by atoms with Crippen molar-refractivity contribution in [1.82, 2.24) is 0 Å². The van der Waals surface area contributed by atoms with Crippen LogP contribution in [-0.2, 0) is 0 Å². The largest absolute Gasteiger partial charge is 0.0917 e. The van der Waals surface area contributed by atoms with Gasteiger partial charge in [0.2, 0.25) is 0 Å². The van der Waals surface area contributed by atoms with E-state index in [1.54, 1.807) is 12.8 Å². The molecule has 10 fully saturated rings. The SMILES string of the molecule is C/C=C/C1CCC(C2CCC(/C=C/C)CC2)CC1.C/C=C/C1CCC(C2CCC(C)CC2)CC1.C/C=C/CCC1CCC(C2CCC(/C=C/C)CC2)CC1.C/C=C/CCC1CCC(C2CCC(C)CC2)CC1.C/C=C/CCC1CCC(C2CCC(CC/C=C/C)CC2)CC1.[HH].[HH].[HH].[HH].[HH].[HH].[HH].[HH].[HH].[HH]. The molecule has 0 nitrogen and oxygen atoms in total. The molecule has 0 atom stereocenters. The van der Waals surface area contributed by atoms with E-state index >= 15 is 0 Å². The van der Waals surface area contributed by atoms with E-state index in [0.717, 1.165) is 118 Å². The lowest BCUT2D eigenvalue weighted by Gasteiger charge is -2.38. The van der Waals surface area contributed by atoms with Gasteiger partial charge < -0.3 is 0 Å². The van der Waals surface area contributed by atoms with E-state index in [1.165, 1.54) is 295 Å². The molecule has 0 amide bonds. The molecule has 0 aromatic carbocycles. The third-order valence-corrected chi connectivity index (χ3v) is 28.1. The van der Waals surface area contributed by atoms with Gasteiger partial charge in [-0.05, 0) is 405 Å². The van der Waals surface area contributed by atoms with Gasteiger partial charge in [-0.3, -0.25) is 0 Å². The molecule has 10 saturated carbocycles. The van der Waals surface area contributed by atoms with Crippen LogP contribution in [0.25, 0.3) is 0 Å². The standard InChI is InChI=1S/C22H38.C20H34.C18H32.C18H30.C16H28.10H2/c1-3-5-7-9-19-11-15-21(16-12-19)22-17-13-20(14-18-22)10-8-6-4-2;1-3-5-6-8-18-11-15-20(16-12-18)19-13-9-17(7-4-2)10-14-19;1-3-4-5-6-16-9-13-18(14-10-16)17-11-7-15(2)8-12-17;1-3-5-15-7-11-17(12-8-15)18-13-9-16(6-4-2)10-14-18;1-3-4-14-7-11-16(12-8-14)15-9-5-13(2)6-10-15;;;;;;;;;;/h3-6,19-22H,7-18H2,1-2H3;3-5,7,17-20H,6,8-16H2,1-2H3;3-4,15-18H,5-14H2,1-2H3;3-6,15-18H,7-14H2,1-2H3;3-4,13-16H,5-12H2,1-2H3;10*1H/b5-3+,6-4+;5-3+,7-4+;4-3+;5-3+,6-4+;4-3+;;;;;;;;;;. The molecule has 0 heteroatoms. The van der Waals surface area contributed by atoms with E-state index in [1.807, 2.05) is 0 Å². The summed E-state index contributed by atoms with van der Waals surface area (Å²) in [6.07, 6.45) is 108. The molecule has 0 radical (unpaired) electrons. The second-order valence-corrected chi connectivity index (χ2v) is 34.6. The first kappa shape index (κ1) is 80.9. The molecule has 0 aliphatic heterocycles. The van der Waals surface area contributed by atoms with E-state index in [9.17, 15) is 0 Å². The highest BCUT2D eigenvalue weighted by Gasteiger charge is 2.35. The van der Waals surface area contributed by atoms with Gasteiger partial charge in [0.05, 0.1) is 0 Å². The monoisotopic (exact) mass is 1310 g/mol. The Morgan fingerprint density at radius 1 is 0.191 bits per heavy atom. The highest BCUT2D eigenvalue weighted by molar-refractivity contribution is 4.96. The summed E-state index contributed by atoms with van der Waals surface area (Å²) >= 11 is 0. The van der Waals surface area contributed by atoms with E-state index in [0.29, 0.717) is 0 Å². The van der Waals surface area contributed by atoms with Crippen LogP contribution in [0.1, 0.15) is 392 Å². The molecule has 0 saturated heterocycles. The lowest BCUT2D eigenvalue weighted by Crippen LogP contribution is -2.25. The van der Waals surface area contributed by atoms with Crippen LogP contribution in [0.15, 0.2) is 97.2 Å². The smallest absolute Gasteiger partial charge is 0 e. The first-order valence-corrected chi connectivity index (χ1v) is 43.0. The summed E-state index contributed by atoms with van der Waals surface area (Å²) in [4.78, 5) is 0. The zero-order chi connectivity index (χ0) is 66.8. The summed E-state index contributed by atoms with van der Waals surface area (Å²) in [5.74, 6) is 20.5. The predicted octanol–water partition coefficient (Wildman–Crippen LogP) is 33.2. The lowest BCUT2D eigenvalue weighted by molar-refractivity contribution is 0.142. The molecule has 10 aliphatic rings. The van der Waals surface area contributed by atoms with Crippen LogP contribution >= 0.6 is 0 Å². The minimum Gasteiger partial charge on any atom is -0.0917 e. The zero-order valence-corrected chi connectivity index (χ0v) is 64.7. The Morgan fingerprint density at radius 2 is 0.340 bits per heavy atom. The average Bonchev–Trinajstić information content (AvgIpc) is 0.903. The topological polar surface area (TPSA) is 0 Å². The Morgan fingerprint density at radius 3 is 0.489 bits per heavy atom. The Balaban J connectivity index is -0.000000385. The number of hydrogen-bond acceptors (Lipinski definition) is 0. The van der Waals surface area contributed by atoms with Crippen molar-refractivity contribution in [3.8, 4) is 0 Å². The first-order valence-electron chi connectivity index (χ1n) is 43.0. The second-order valence-electron chi connectivity index (χ2n) is 34.6. The summed E-state index contributed by atoms with van der Waals surface area (Å²) in [7, 11) is 0. The van der Waals surface area contributed by atoms with Gasteiger partial charge in [0.15, 0.2) is 0 Å². The molecule has 0 spiro atoms. The highest BCUT2D eigenvalue weighted by atomic mass is 14.4. The molecule has 0 N–H and O–H groups in total. The normalized spacial score (nSPS) is 37.3. The van der Waals surface area contributed by atoms with Gasteiger partial charge in [0.25, 0.3) is 0 Å². The number of rotatable bonds is 21. The van der Waals surface area contributed by atoms with Crippen molar-refractivity contribution in [1.29, 1.82) is 0 Å². The summed E-state index contributed by atoms with van der Waals surface area (Å²) in [5, 5.41) is 0. The van der Waals surface area contributed by atoms with E-state index in [-0.39, 0.29) is 14.3 Å². The van der Waals surface area contributed by atoms with Crippen molar-refractivity contribution in [2.45, 2.75) is 377 Å². The molecular formula is C94H182. The van der Waals surface area contributed by atoms with Gasteiger partial charge in [0.1, 0.15) is 0 Å². The van der Waals surface area contributed by atoms with Crippen molar-refractivity contribution < 1.29 is 14.3 Å². The zero-order valence-electron chi connectivity index (χ0n) is 64.7. The third-order valence-electron chi connectivity index (χ3n) is 28.1. The molecule has 0 aromatic heterocycles. The Bertz CT molecular complexity index is 2010. The third kappa shape index (κ3) is 31.6. The predicted molar refractivity (Wildman–Crippen MR) is 442 cm³/mol. The minimum atomic E-state index is 0.